The minimum absolute atomic E-state index is 0.0254. The van der Waals surface area contributed by atoms with Gasteiger partial charge in [-0.1, -0.05) is 11.6 Å². The summed E-state index contributed by atoms with van der Waals surface area (Å²) in [5, 5.41) is 6.57. The number of hydrogen-bond acceptors (Lipinski definition) is 3. The van der Waals surface area contributed by atoms with Crippen molar-refractivity contribution >= 4 is 17.6 Å². The van der Waals surface area contributed by atoms with Gasteiger partial charge in [-0.2, -0.15) is 5.10 Å². The van der Waals surface area contributed by atoms with Crippen molar-refractivity contribution in [1.29, 1.82) is 0 Å². The Bertz CT molecular complexity index is 628. The van der Waals surface area contributed by atoms with Gasteiger partial charge < -0.3 is 11.1 Å². The topological polar surface area (TPSA) is 85.8 Å². The number of urea groups is 1. The van der Waals surface area contributed by atoms with Crippen molar-refractivity contribution in [3.05, 3.63) is 40.7 Å². The third kappa shape index (κ3) is 3.00. The van der Waals surface area contributed by atoms with Crippen LogP contribution in [0.3, 0.4) is 0 Å². The number of benzene rings is 1. The van der Waals surface area contributed by atoms with E-state index in [0.717, 1.165) is 0 Å². The summed E-state index contributed by atoms with van der Waals surface area (Å²) in [4.78, 5) is 14.8. The Kier molecular flexibility index (Phi) is 3.66. The smallest absolute Gasteiger partial charge is 0.312 e. The largest absolute Gasteiger partial charge is 0.352 e. The Morgan fingerprint density at radius 1 is 1.58 bits per heavy atom. The predicted molar refractivity (Wildman–Crippen MR) is 67.5 cm³/mol. The third-order valence-electron chi connectivity index (χ3n) is 2.35. The van der Waals surface area contributed by atoms with E-state index in [2.05, 4.69) is 15.4 Å². The maximum absolute atomic E-state index is 13.4. The van der Waals surface area contributed by atoms with Crippen LogP contribution in [0.2, 0.25) is 5.02 Å². The van der Waals surface area contributed by atoms with Crippen LogP contribution in [0.15, 0.2) is 18.2 Å². The summed E-state index contributed by atoms with van der Waals surface area (Å²) < 4.78 is 14.9. The molecule has 0 radical (unpaired) electrons. The van der Waals surface area contributed by atoms with Crippen molar-refractivity contribution in [1.82, 2.24) is 20.1 Å². The third-order valence-corrected chi connectivity index (χ3v) is 2.66. The first-order valence-corrected chi connectivity index (χ1v) is 5.76. The molecule has 6 nitrogen and oxygen atoms in total. The lowest BCUT2D eigenvalue weighted by atomic mass is 10.3. The van der Waals surface area contributed by atoms with Crippen LogP contribution in [0.5, 0.6) is 0 Å². The van der Waals surface area contributed by atoms with Gasteiger partial charge in [0.2, 0.25) is 0 Å². The predicted octanol–water partition coefficient (Wildman–Crippen LogP) is 1.54. The lowest BCUT2D eigenvalue weighted by Crippen LogP contribution is -2.29. The molecular formula is C11H11ClFN5O. The maximum atomic E-state index is 13.4. The van der Waals surface area contributed by atoms with Gasteiger partial charge in [-0.3, -0.25) is 0 Å². The molecule has 1 aromatic heterocycles. The van der Waals surface area contributed by atoms with Crippen LogP contribution in [-0.4, -0.2) is 20.8 Å². The molecule has 0 saturated carbocycles. The van der Waals surface area contributed by atoms with E-state index in [1.165, 1.54) is 16.8 Å². The molecule has 0 aliphatic heterocycles. The van der Waals surface area contributed by atoms with Crippen LogP contribution >= 0.6 is 11.6 Å². The average molecular weight is 284 g/mol. The first kappa shape index (κ1) is 13.3. The molecule has 0 spiro atoms. The number of halogens is 2. The van der Waals surface area contributed by atoms with Crippen LogP contribution in [0.1, 0.15) is 11.6 Å². The summed E-state index contributed by atoms with van der Waals surface area (Å²) in [7, 11) is 0. The summed E-state index contributed by atoms with van der Waals surface area (Å²) in [6, 6.07) is 3.60. The Morgan fingerprint density at radius 2 is 2.32 bits per heavy atom. The molecule has 8 heteroatoms. The SMILES string of the molecule is Cc1nc(CNC(N)=O)n(-c2ccc(Cl)c(F)c2)n1. The van der Waals surface area contributed by atoms with Crippen molar-refractivity contribution in [2.75, 3.05) is 0 Å². The number of hydrogen-bond donors (Lipinski definition) is 2. The van der Waals surface area contributed by atoms with Gasteiger partial charge in [0, 0.05) is 6.07 Å². The van der Waals surface area contributed by atoms with E-state index in [-0.39, 0.29) is 11.6 Å². The van der Waals surface area contributed by atoms with Crippen molar-refractivity contribution in [3.63, 3.8) is 0 Å². The van der Waals surface area contributed by atoms with E-state index in [0.29, 0.717) is 17.3 Å². The second-order valence-electron chi connectivity index (χ2n) is 3.80. The number of carbonyl (C=O) groups is 1. The number of nitrogens with zero attached hydrogens (tertiary/aromatic N) is 3. The van der Waals surface area contributed by atoms with Crippen molar-refractivity contribution in [3.8, 4) is 5.69 Å². The number of aromatic nitrogens is 3. The molecule has 0 aliphatic carbocycles. The number of carbonyl (C=O) groups excluding carboxylic acids is 1. The summed E-state index contributed by atoms with van der Waals surface area (Å²) in [6.07, 6.45) is 0. The molecule has 0 aliphatic rings. The monoisotopic (exact) mass is 283 g/mol. The number of aryl methyl sites for hydroxylation is 1. The van der Waals surface area contributed by atoms with Crippen LogP contribution in [0, 0.1) is 12.7 Å². The van der Waals surface area contributed by atoms with Crippen molar-refractivity contribution < 1.29 is 9.18 Å². The number of amides is 2. The van der Waals surface area contributed by atoms with Gasteiger partial charge in [-0.05, 0) is 19.1 Å². The normalized spacial score (nSPS) is 10.5. The zero-order valence-corrected chi connectivity index (χ0v) is 10.8. The van der Waals surface area contributed by atoms with Crippen molar-refractivity contribution in [2.45, 2.75) is 13.5 Å². The highest BCUT2D eigenvalue weighted by molar-refractivity contribution is 6.30. The zero-order valence-electron chi connectivity index (χ0n) is 10.0. The number of rotatable bonds is 3. The zero-order chi connectivity index (χ0) is 14.0. The lowest BCUT2D eigenvalue weighted by molar-refractivity contribution is 0.248. The fourth-order valence-electron chi connectivity index (χ4n) is 1.56. The summed E-state index contributed by atoms with van der Waals surface area (Å²) in [5.41, 5.74) is 5.46. The molecule has 3 N–H and O–H groups in total. The number of nitrogens with one attached hydrogen (secondary N) is 1. The number of primary amides is 1. The Balaban J connectivity index is 2.37. The minimum atomic E-state index is -0.672. The highest BCUT2D eigenvalue weighted by Crippen LogP contribution is 2.18. The highest BCUT2D eigenvalue weighted by Gasteiger charge is 2.11. The van der Waals surface area contributed by atoms with Gasteiger partial charge in [0.25, 0.3) is 0 Å². The molecule has 0 unspecified atom stereocenters. The summed E-state index contributed by atoms with van der Waals surface area (Å²) in [6.45, 7) is 1.79. The molecule has 0 atom stereocenters. The van der Waals surface area contributed by atoms with E-state index >= 15 is 0 Å². The van der Waals surface area contributed by atoms with Gasteiger partial charge in [0.15, 0.2) is 5.82 Å². The first-order chi connectivity index (χ1) is 8.97. The molecule has 0 bridgehead atoms. The summed E-state index contributed by atoms with van der Waals surface area (Å²) in [5.74, 6) is 0.385. The molecule has 100 valence electrons. The van der Waals surface area contributed by atoms with Crippen LogP contribution < -0.4 is 11.1 Å². The molecule has 1 aromatic carbocycles. The maximum Gasteiger partial charge on any atom is 0.312 e. The van der Waals surface area contributed by atoms with Crippen molar-refractivity contribution in [2.24, 2.45) is 5.73 Å². The molecule has 2 amide bonds. The van der Waals surface area contributed by atoms with E-state index in [1.54, 1.807) is 13.0 Å². The van der Waals surface area contributed by atoms with Crippen LogP contribution in [-0.2, 0) is 6.54 Å². The fourth-order valence-corrected chi connectivity index (χ4v) is 1.68. The van der Waals surface area contributed by atoms with Crippen LogP contribution in [0.4, 0.5) is 9.18 Å². The molecule has 2 rings (SSSR count). The van der Waals surface area contributed by atoms with Gasteiger partial charge in [-0.25, -0.2) is 18.9 Å². The Hall–Kier alpha value is -2.15. The fraction of sp³-hybridized carbons (Fsp3) is 0.182. The average Bonchev–Trinajstić information content (AvgIpc) is 2.71. The van der Waals surface area contributed by atoms with E-state index < -0.39 is 11.8 Å². The highest BCUT2D eigenvalue weighted by atomic mass is 35.5. The Morgan fingerprint density at radius 3 is 2.95 bits per heavy atom. The molecule has 1 heterocycles. The first-order valence-electron chi connectivity index (χ1n) is 5.38. The molecular weight excluding hydrogens is 273 g/mol. The second kappa shape index (κ2) is 5.23. The van der Waals surface area contributed by atoms with Gasteiger partial charge >= 0.3 is 6.03 Å². The van der Waals surface area contributed by atoms with Gasteiger partial charge in [-0.15, -0.1) is 0 Å². The number of nitrogens with two attached hydrogens (primary N) is 1. The molecule has 0 fully saturated rings. The van der Waals surface area contributed by atoms with E-state index in [4.69, 9.17) is 17.3 Å². The van der Waals surface area contributed by atoms with Gasteiger partial charge in [0.05, 0.1) is 17.3 Å². The second-order valence-corrected chi connectivity index (χ2v) is 4.21. The Labute approximate surface area is 113 Å². The van der Waals surface area contributed by atoms with E-state index in [9.17, 15) is 9.18 Å². The molecule has 0 saturated heterocycles. The van der Waals surface area contributed by atoms with Gasteiger partial charge in [0.1, 0.15) is 11.6 Å². The minimum Gasteiger partial charge on any atom is -0.352 e. The lowest BCUT2D eigenvalue weighted by Gasteiger charge is -2.06. The standard InChI is InChI=1S/C11H11ClFN5O/c1-6-16-10(5-15-11(14)19)18(17-6)7-2-3-8(12)9(13)4-7/h2-4H,5H2,1H3,(H3,14,15,19). The molecule has 19 heavy (non-hydrogen) atoms. The quantitative estimate of drug-likeness (QED) is 0.896. The summed E-state index contributed by atoms with van der Waals surface area (Å²) >= 11 is 5.62. The van der Waals surface area contributed by atoms with Crippen LogP contribution in [0.25, 0.3) is 5.69 Å². The van der Waals surface area contributed by atoms with E-state index in [1.807, 2.05) is 0 Å². The molecule has 2 aromatic rings.